The number of aromatic nitrogens is 4. The van der Waals surface area contributed by atoms with Crippen molar-refractivity contribution in [2.45, 2.75) is 60.3 Å². The molecule has 0 fully saturated rings. The average Bonchev–Trinajstić information content (AvgIpc) is 3.22. The van der Waals surface area contributed by atoms with Crippen molar-refractivity contribution in [1.29, 1.82) is 0 Å². The van der Waals surface area contributed by atoms with E-state index in [1.165, 1.54) is 16.7 Å². The fourth-order valence-corrected chi connectivity index (χ4v) is 3.95. The Morgan fingerprint density at radius 1 is 1.06 bits per heavy atom. The fourth-order valence-electron chi connectivity index (χ4n) is 3.95. The van der Waals surface area contributed by atoms with Gasteiger partial charge in [0.1, 0.15) is 18.4 Å². The van der Waals surface area contributed by atoms with E-state index in [2.05, 4.69) is 53.7 Å². The number of tetrazole rings is 1. The van der Waals surface area contributed by atoms with Crippen molar-refractivity contribution in [3.63, 3.8) is 0 Å². The zero-order chi connectivity index (χ0) is 23.7. The maximum absolute atomic E-state index is 12.9. The minimum absolute atomic E-state index is 0.238. The molecule has 0 aliphatic carbocycles. The van der Waals surface area contributed by atoms with Gasteiger partial charge in [0.2, 0.25) is 5.95 Å². The van der Waals surface area contributed by atoms with Crippen LogP contribution in [0.15, 0.2) is 47.7 Å². The molecule has 0 saturated heterocycles. The number of esters is 1. The Morgan fingerprint density at radius 3 is 2.45 bits per heavy atom. The molecule has 0 spiro atoms. The van der Waals surface area contributed by atoms with Crippen LogP contribution < -0.4 is 10.1 Å². The van der Waals surface area contributed by atoms with Crippen LogP contribution in [0.4, 0.5) is 5.95 Å². The molecular formula is C25H29N5O3. The van der Waals surface area contributed by atoms with Crippen LogP contribution in [0.1, 0.15) is 54.6 Å². The summed E-state index contributed by atoms with van der Waals surface area (Å²) in [4.78, 5) is 12.9. The molecule has 172 valence electrons. The highest BCUT2D eigenvalue weighted by Crippen LogP contribution is 2.35. The molecule has 1 aliphatic heterocycles. The van der Waals surface area contributed by atoms with Gasteiger partial charge in [0.15, 0.2) is 0 Å². The zero-order valence-corrected chi connectivity index (χ0v) is 19.8. The van der Waals surface area contributed by atoms with Gasteiger partial charge in [0.25, 0.3) is 0 Å². The summed E-state index contributed by atoms with van der Waals surface area (Å²) in [5, 5.41) is 15.0. The quantitative estimate of drug-likeness (QED) is 0.559. The Kier molecular flexibility index (Phi) is 6.18. The number of rotatable bonds is 6. The van der Waals surface area contributed by atoms with Crippen LogP contribution in [0, 0.1) is 20.8 Å². The highest BCUT2D eigenvalue weighted by molar-refractivity contribution is 5.92. The third kappa shape index (κ3) is 4.60. The molecule has 0 amide bonds. The summed E-state index contributed by atoms with van der Waals surface area (Å²) in [6.07, 6.45) is -0.238. The molecule has 1 N–H and O–H groups in total. The van der Waals surface area contributed by atoms with Gasteiger partial charge in [-0.2, -0.15) is 4.68 Å². The molecular weight excluding hydrogens is 418 g/mol. The highest BCUT2D eigenvalue weighted by atomic mass is 16.5. The predicted octanol–water partition coefficient (Wildman–Crippen LogP) is 4.42. The summed E-state index contributed by atoms with van der Waals surface area (Å²) >= 11 is 0. The van der Waals surface area contributed by atoms with E-state index >= 15 is 0 Å². The molecule has 4 rings (SSSR count). The van der Waals surface area contributed by atoms with E-state index in [0.29, 0.717) is 23.8 Å². The first-order chi connectivity index (χ1) is 15.7. The zero-order valence-electron chi connectivity index (χ0n) is 19.8. The molecule has 2 aromatic carbocycles. The number of carbonyl (C=O) groups excluding carboxylic acids is 1. The molecule has 33 heavy (non-hydrogen) atoms. The lowest BCUT2D eigenvalue weighted by atomic mass is 9.95. The maximum Gasteiger partial charge on any atom is 0.338 e. The van der Waals surface area contributed by atoms with Gasteiger partial charge >= 0.3 is 5.97 Å². The third-order valence-corrected chi connectivity index (χ3v) is 5.82. The van der Waals surface area contributed by atoms with Gasteiger partial charge < -0.3 is 14.8 Å². The van der Waals surface area contributed by atoms with E-state index in [-0.39, 0.29) is 6.10 Å². The second-order valence-electron chi connectivity index (χ2n) is 8.69. The summed E-state index contributed by atoms with van der Waals surface area (Å²) in [5.41, 5.74) is 6.90. The number of allylic oxidation sites excluding steroid dienone is 1. The topological polar surface area (TPSA) is 91.2 Å². The lowest BCUT2D eigenvalue weighted by Crippen LogP contribution is -2.30. The predicted molar refractivity (Wildman–Crippen MR) is 125 cm³/mol. The SMILES string of the molecule is CC1=C(C(=O)OC(C)C)C(c2ccc(OCc3cc(C)c(C)cc3C)cc2)n2nnnc2N1. The molecule has 1 atom stereocenters. The first kappa shape index (κ1) is 22.5. The third-order valence-electron chi connectivity index (χ3n) is 5.82. The van der Waals surface area contributed by atoms with Gasteiger partial charge in [0, 0.05) is 5.70 Å². The number of fused-ring (bicyclic) bond motifs is 1. The van der Waals surface area contributed by atoms with Crippen molar-refractivity contribution in [3.05, 3.63) is 75.5 Å². The summed E-state index contributed by atoms with van der Waals surface area (Å²) in [6, 6.07) is 11.5. The first-order valence-electron chi connectivity index (χ1n) is 11.0. The lowest BCUT2D eigenvalue weighted by Gasteiger charge is -2.28. The van der Waals surface area contributed by atoms with E-state index in [9.17, 15) is 4.79 Å². The molecule has 8 nitrogen and oxygen atoms in total. The number of hydrogen-bond acceptors (Lipinski definition) is 7. The second-order valence-corrected chi connectivity index (χ2v) is 8.69. The minimum Gasteiger partial charge on any atom is -0.489 e. The number of aryl methyl sites for hydroxylation is 3. The summed E-state index contributed by atoms with van der Waals surface area (Å²) in [7, 11) is 0. The van der Waals surface area contributed by atoms with Crippen molar-refractivity contribution >= 4 is 11.9 Å². The lowest BCUT2D eigenvalue weighted by molar-refractivity contribution is -0.143. The van der Waals surface area contributed by atoms with Crippen LogP contribution in [0.3, 0.4) is 0 Å². The molecule has 1 aromatic heterocycles. The molecule has 0 bridgehead atoms. The molecule has 1 unspecified atom stereocenters. The van der Waals surface area contributed by atoms with Gasteiger partial charge in [0.05, 0.1) is 11.7 Å². The number of ether oxygens (including phenoxy) is 2. The Morgan fingerprint density at radius 2 is 1.76 bits per heavy atom. The second kappa shape index (κ2) is 9.05. The maximum atomic E-state index is 12.9. The van der Waals surface area contributed by atoms with Crippen LogP contribution in [0.25, 0.3) is 0 Å². The van der Waals surface area contributed by atoms with Crippen molar-refractivity contribution in [2.75, 3.05) is 5.32 Å². The molecule has 3 aromatic rings. The highest BCUT2D eigenvalue weighted by Gasteiger charge is 2.35. The largest absolute Gasteiger partial charge is 0.489 e. The van der Waals surface area contributed by atoms with E-state index in [1.807, 2.05) is 45.0 Å². The minimum atomic E-state index is -0.501. The number of benzene rings is 2. The van der Waals surface area contributed by atoms with E-state index in [4.69, 9.17) is 9.47 Å². The number of nitrogens with one attached hydrogen (secondary N) is 1. The summed E-state index contributed by atoms with van der Waals surface area (Å²) in [5.74, 6) is 0.824. The smallest absolute Gasteiger partial charge is 0.338 e. The number of hydrogen-bond donors (Lipinski definition) is 1. The van der Waals surface area contributed by atoms with Crippen LogP contribution in [-0.2, 0) is 16.1 Å². The fraction of sp³-hybridized carbons (Fsp3) is 0.360. The van der Waals surface area contributed by atoms with Gasteiger partial charge in [-0.3, -0.25) is 0 Å². The number of nitrogens with zero attached hydrogens (tertiary/aromatic N) is 4. The number of carbonyl (C=O) groups is 1. The van der Waals surface area contributed by atoms with Crippen LogP contribution >= 0.6 is 0 Å². The normalized spacial score (nSPS) is 15.3. The van der Waals surface area contributed by atoms with E-state index < -0.39 is 12.0 Å². The molecule has 2 heterocycles. The molecule has 0 saturated carbocycles. The van der Waals surface area contributed by atoms with Crippen LogP contribution in [-0.4, -0.2) is 32.3 Å². The van der Waals surface area contributed by atoms with Crippen molar-refractivity contribution in [1.82, 2.24) is 20.2 Å². The average molecular weight is 448 g/mol. The Hall–Kier alpha value is -3.68. The van der Waals surface area contributed by atoms with E-state index in [1.54, 1.807) is 4.68 Å². The number of anilines is 1. The molecule has 0 radical (unpaired) electrons. The van der Waals surface area contributed by atoms with Gasteiger partial charge in [-0.25, -0.2) is 4.79 Å². The van der Waals surface area contributed by atoms with Gasteiger partial charge in [-0.1, -0.05) is 29.4 Å². The first-order valence-corrected chi connectivity index (χ1v) is 11.0. The Labute approximate surface area is 193 Å². The van der Waals surface area contributed by atoms with Gasteiger partial charge in [-0.05, 0) is 91.9 Å². The molecule has 8 heteroatoms. The summed E-state index contributed by atoms with van der Waals surface area (Å²) < 4.78 is 13.1. The monoisotopic (exact) mass is 447 g/mol. The van der Waals surface area contributed by atoms with Crippen LogP contribution in [0.5, 0.6) is 5.75 Å². The Balaban J connectivity index is 1.59. The standard InChI is InChI=1S/C25H29N5O3/c1-14(2)33-24(31)22-18(6)26-25-27-28-29-30(25)23(22)19-7-9-21(10-8-19)32-13-20-12-16(4)15(3)11-17(20)5/h7-12,14,23H,13H2,1-6H3,(H,26,27,29). The van der Waals surface area contributed by atoms with Crippen molar-refractivity contribution < 1.29 is 14.3 Å². The van der Waals surface area contributed by atoms with Gasteiger partial charge in [-0.15, -0.1) is 0 Å². The molecule has 1 aliphatic rings. The van der Waals surface area contributed by atoms with Crippen molar-refractivity contribution in [2.24, 2.45) is 0 Å². The van der Waals surface area contributed by atoms with E-state index in [0.717, 1.165) is 16.9 Å². The Bertz CT molecular complexity index is 1210. The summed E-state index contributed by atoms with van der Waals surface area (Å²) in [6.45, 7) is 12.3. The van der Waals surface area contributed by atoms with Crippen LogP contribution in [0.2, 0.25) is 0 Å². The van der Waals surface area contributed by atoms with Crippen molar-refractivity contribution in [3.8, 4) is 5.75 Å².